The minimum Gasteiger partial charge on any atom is -0.370 e. The molecule has 2 aromatic rings. The molecule has 0 saturated carbocycles. The van der Waals surface area contributed by atoms with E-state index in [9.17, 15) is 4.79 Å². The van der Waals surface area contributed by atoms with Gasteiger partial charge >= 0.3 is 0 Å². The molecule has 2 N–H and O–H groups in total. The van der Waals surface area contributed by atoms with Crippen molar-refractivity contribution >= 4 is 11.9 Å². The summed E-state index contributed by atoms with van der Waals surface area (Å²) in [6.07, 6.45) is 3.80. The first-order chi connectivity index (χ1) is 13.1. The molecule has 1 amide bonds. The Kier molecular flexibility index (Phi) is 6.08. The Hall–Kier alpha value is -2.87. The van der Waals surface area contributed by atoms with Gasteiger partial charge < -0.3 is 20.3 Å². The zero-order valence-electron chi connectivity index (χ0n) is 16.0. The van der Waals surface area contributed by atoms with Crippen LogP contribution in [-0.2, 0) is 18.3 Å². The van der Waals surface area contributed by atoms with Gasteiger partial charge in [-0.15, -0.1) is 0 Å². The summed E-state index contributed by atoms with van der Waals surface area (Å²) < 4.78 is 7.68. The van der Waals surface area contributed by atoms with Gasteiger partial charge in [-0.3, -0.25) is 14.5 Å². The normalized spacial score (nSPS) is 17.7. The summed E-state index contributed by atoms with van der Waals surface area (Å²) in [7, 11) is 5.31. The number of nitrogens with one attached hydrogen (secondary N) is 2. The minimum atomic E-state index is -0.0891. The van der Waals surface area contributed by atoms with Gasteiger partial charge in [0.05, 0.1) is 19.3 Å². The number of hydrogen-bond acceptors (Lipinski definition) is 4. The van der Waals surface area contributed by atoms with E-state index in [0.717, 1.165) is 23.6 Å². The fraction of sp³-hybridized carbons (Fsp3) is 0.421. The SMILES string of the molecule is CN=C(NCc1cccc(C(=O)NC)c1)N1CCOC(c2cnn(C)c2)C1. The number of ether oxygens (including phenoxy) is 1. The maximum absolute atomic E-state index is 11.8. The van der Waals surface area contributed by atoms with Crippen LogP contribution >= 0.6 is 0 Å². The zero-order chi connectivity index (χ0) is 19.2. The number of morpholine rings is 1. The number of benzene rings is 1. The molecule has 1 aromatic carbocycles. The summed E-state index contributed by atoms with van der Waals surface area (Å²) in [5.41, 5.74) is 2.74. The first-order valence-corrected chi connectivity index (χ1v) is 8.97. The first-order valence-electron chi connectivity index (χ1n) is 8.97. The highest BCUT2D eigenvalue weighted by Crippen LogP contribution is 2.21. The van der Waals surface area contributed by atoms with E-state index < -0.39 is 0 Å². The predicted molar refractivity (Wildman–Crippen MR) is 104 cm³/mol. The first kappa shape index (κ1) is 18.9. The van der Waals surface area contributed by atoms with Crippen LogP contribution in [0.5, 0.6) is 0 Å². The van der Waals surface area contributed by atoms with Crippen LogP contribution in [0.2, 0.25) is 0 Å². The van der Waals surface area contributed by atoms with Gasteiger partial charge in [0.25, 0.3) is 5.91 Å². The summed E-state index contributed by atoms with van der Waals surface area (Å²) >= 11 is 0. The lowest BCUT2D eigenvalue weighted by molar-refractivity contribution is -0.00805. The Bertz CT molecular complexity index is 816. The van der Waals surface area contributed by atoms with Gasteiger partial charge in [0.1, 0.15) is 6.10 Å². The molecule has 144 valence electrons. The number of carbonyl (C=O) groups excluding carboxylic acids is 1. The molecule has 1 aliphatic heterocycles. The van der Waals surface area contributed by atoms with Crippen molar-refractivity contribution < 1.29 is 9.53 Å². The molecule has 1 fully saturated rings. The molecule has 1 unspecified atom stereocenters. The standard InChI is InChI=1S/C19H26N6O2/c1-20-18(26)15-6-4-5-14(9-15)10-22-19(21-2)25-7-8-27-17(13-25)16-11-23-24(3)12-16/h4-6,9,11-12,17H,7-8,10,13H2,1-3H3,(H,20,26)(H,21,22). The van der Waals surface area contributed by atoms with Crippen LogP contribution in [-0.4, -0.2) is 60.3 Å². The number of carbonyl (C=O) groups is 1. The summed E-state index contributed by atoms with van der Waals surface area (Å²) in [5.74, 6) is 0.728. The number of nitrogens with zero attached hydrogens (tertiary/aromatic N) is 4. The van der Waals surface area contributed by atoms with Crippen molar-refractivity contribution in [3.8, 4) is 0 Å². The summed E-state index contributed by atoms with van der Waals surface area (Å²) in [6.45, 7) is 2.71. The van der Waals surface area contributed by atoms with Crippen LogP contribution in [0.1, 0.15) is 27.6 Å². The van der Waals surface area contributed by atoms with Crippen LogP contribution in [0.25, 0.3) is 0 Å². The van der Waals surface area contributed by atoms with Crippen molar-refractivity contribution in [3.05, 3.63) is 53.3 Å². The highest BCUT2D eigenvalue weighted by atomic mass is 16.5. The minimum absolute atomic E-state index is 0.0254. The third-order valence-corrected chi connectivity index (χ3v) is 4.54. The Labute approximate surface area is 159 Å². The van der Waals surface area contributed by atoms with Gasteiger partial charge in [-0.1, -0.05) is 12.1 Å². The maximum Gasteiger partial charge on any atom is 0.251 e. The Morgan fingerprint density at radius 1 is 1.44 bits per heavy atom. The van der Waals surface area contributed by atoms with E-state index >= 15 is 0 Å². The van der Waals surface area contributed by atoms with Gasteiger partial charge in [-0.2, -0.15) is 5.10 Å². The van der Waals surface area contributed by atoms with E-state index in [4.69, 9.17) is 4.74 Å². The van der Waals surface area contributed by atoms with E-state index in [-0.39, 0.29) is 12.0 Å². The maximum atomic E-state index is 11.8. The number of hydrogen-bond donors (Lipinski definition) is 2. The van der Waals surface area contributed by atoms with Gasteiger partial charge in [-0.05, 0) is 17.7 Å². The molecule has 8 nitrogen and oxygen atoms in total. The fourth-order valence-electron chi connectivity index (χ4n) is 3.13. The second kappa shape index (κ2) is 8.68. The molecule has 0 aliphatic carbocycles. The van der Waals surface area contributed by atoms with Gasteiger partial charge in [-0.25, -0.2) is 0 Å². The van der Waals surface area contributed by atoms with Gasteiger partial charge in [0.15, 0.2) is 5.96 Å². The Morgan fingerprint density at radius 3 is 3.00 bits per heavy atom. The average molecular weight is 370 g/mol. The zero-order valence-corrected chi connectivity index (χ0v) is 16.0. The molecule has 27 heavy (non-hydrogen) atoms. The molecular weight excluding hydrogens is 344 g/mol. The number of guanidine groups is 1. The van der Waals surface area contributed by atoms with Crippen LogP contribution in [0.4, 0.5) is 0 Å². The van der Waals surface area contributed by atoms with Crippen molar-refractivity contribution in [1.82, 2.24) is 25.3 Å². The molecule has 1 aromatic heterocycles. The largest absolute Gasteiger partial charge is 0.370 e. The quantitative estimate of drug-likeness (QED) is 0.618. The molecular formula is C19H26N6O2. The molecule has 0 bridgehead atoms. The van der Waals surface area contributed by atoms with Crippen LogP contribution < -0.4 is 10.6 Å². The van der Waals surface area contributed by atoms with Crippen molar-refractivity contribution in [2.24, 2.45) is 12.0 Å². The smallest absolute Gasteiger partial charge is 0.251 e. The molecule has 1 atom stereocenters. The molecule has 0 radical (unpaired) electrons. The molecule has 2 heterocycles. The monoisotopic (exact) mass is 370 g/mol. The van der Waals surface area contributed by atoms with E-state index in [0.29, 0.717) is 25.3 Å². The van der Waals surface area contributed by atoms with Gasteiger partial charge in [0.2, 0.25) is 0 Å². The Balaban J connectivity index is 1.63. The van der Waals surface area contributed by atoms with E-state index in [2.05, 4.69) is 25.6 Å². The second-order valence-corrected chi connectivity index (χ2v) is 6.43. The summed E-state index contributed by atoms with van der Waals surface area (Å²) in [4.78, 5) is 18.4. The number of amides is 1. The molecule has 3 rings (SSSR count). The highest BCUT2D eigenvalue weighted by Gasteiger charge is 2.25. The molecule has 8 heteroatoms. The molecule has 1 aliphatic rings. The van der Waals surface area contributed by atoms with E-state index in [1.54, 1.807) is 24.8 Å². The van der Waals surface area contributed by atoms with Crippen LogP contribution in [0, 0.1) is 0 Å². The highest BCUT2D eigenvalue weighted by molar-refractivity contribution is 5.94. The number of aliphatic imine (C=N–C) groups is 1. The summed E-state index contributed by atoms with van der Waals surface area (Å²) in [6, 6.07) is 7.57. The molecule has 0 spiro atoms. The summed E-state index contributed by atoms with van der Waals surface area (Å²) in [5, 5.41) is 10.3. The van der Waals surface area contributed by atoms with E-state index in [1.165, 1.54) is 0 Å². The van der Waals surface area contributed by atoms with Gasteiger partial charge in [0, 0.05) is 51.6 Å². The topological polar surface area (TPSA) is 83.8 Å². The lowest BCUT2D eigenvalue weighted by atomic mass is 10.1. The third-order valence-electron chi connectivity index (χ3n) is 4.54. The van der Waals surface area contributed by atoms with Crippen LogP contribution in [0.3, 0.4) is 0 Å². The average Bonchev–Trinajstić information content (AvgIpc) is 3.15. The number of aromatic nitrogens is 2. The predicted octanol–water partition coefficient (Wildman–Crippen LogP) is 0.929. The number of rotatable bonds is 4. The third kappa shape index (κ3) is 4.65. The Morgan fingerprint density at radius 2 is 2.30 bits per heavy atom. The molecule has 1 saturated heterocycles. The lowest BCUT2D eigenvalue weighted by Gasteiger charge is -2.34. The van der Waals surface area contributed by atoms with Crippen molar-refractivity contribution in [2.45, 2.75) is 12.6 Å². The van der Waals surface area contributed by atoms with Crippen molar-refractivity contribution in [1.29, 1.82) is 0 Å². The number of aryl methyl sites for hydroxylation is 1. The van der Waals surface area contributed by atoms with Crippen molar-refractivity contribution in [2.75, 3.05) is 33.8 Å². The second-order valence-electron chi connectivity index (χ2n) is 6.43. The van der Waals surface area contributed by atoms with Crippen molar-refractivity contribution in [3.63, 3.8) is 0 Å². The van der Waals surface area contributed by atoms with Crippen LogP contribution in [0.15, 0.2) is 41.7 Å². The fourth-order valence-corrected chi connectivity index (χ4v) is 3.13. The lowest BCUT2D eigenvalue weighted by Crippen LogP contribution is -2.47. The van der Waals surface area contributed by atoms with E-state index in [1.807, 2.05) is 37.6 Å².